The van der Waals surface area contributed by atoms with E-state index in [-0.39, 0.29) is 28.6 Å². The summed E-state index contributed by atoms with van der Waals surface area (Å²) in [4.78, 5) is 33.9. The molecule has 1 N–H and O–H groups in total. The molecule has 0 aliphatic rings. The zero-order valence-corrected chi connectivity index (χ0v) is 13.0. The molecule has 0 aliphatic heterocycles. The van der Waals surface area contributed by atoms with E-state index in [0.29, 0.717) is 11.8 Å². The van der Waals surface area contributed by atoms with Crippen LogP contribution in [-0.2, 0) is 6.18 Å². The molecule has 3 rings (SSSR count). The quantitative estimate of drug-likeness (QED) is 0.532. The number of aromatic nitrogens is 4. The van der Waals surface area contributed by atoms with Crippen molar-refractivity contribution >= 4 is 34.4 Å². The number of H-pyrrole nitrogens is 1. The van der Waals surface area contributed by atoms with Crippen molar-refractivity contribution in [3.8, 4) is 0 Å². The van der Waals surface area contributed by atoms with Crippen LogP contribution in [0.4, 0.5) is 24.5 Å². The lowest BCUT2D eigenvalue weighted by Crippen LogP contribution is -2.08. The number of imidazole rings is 1. The van der Waals surface area contributed by atoms with Gasteiger partial charge in [0.25, 0.3) is 11.4 Å². The Kier molecular flexibility index (Phi) is 4.19. The molecule has 134 valence electrons. The minimum absolute atomic E-state index is 0.0443. The fraction of sp³-hybridized carbons (Fsp3) is 0.0833. The molecular formula is C12H5F3N6O4S. The Bertz CT molecular complexity index is 969. The molecule has 0 radical (unpaired) electrons. The van der Waals surface area contributed by atoms with Crippen LogP contribution in [0.5, 0.6) is 0 Å². The van der Waals surface area contributed by atoms with Gasteiger partial charge in [0.1, 0.15) is 0 Å². The molecule has 0 unspecified atom stereocenters. The van der Waals surface area contributed by atoms with Gasteiger partial charge in [0.05, 0.1) is 15.4 Å². The summed E-state index contributed by atoms with van der Waals surface area (Å²) in [5, 5.41) is 22.3. The van der Waals surface area contributed by atoms with E-state index in [4.69, 9.17) is 0 Å². The van der Waals surface area contributed by atoms with Crippen molar-refractivity contribution in [1.29, 1.82) is 0 Å². The monoisotopic (exact) mass is 386 g/mol. The second kappa shape index (κ2) is 6.21. The van der Waals surface area contributed by atoms with Gasteiger partial charge >= 0.3 is 6.18 Å². The Hall–Kier alpha value is -3.29. The smallest absolute Gasteiger partial charge is 0.316 e. The highest BCUT2D eigenvalue weighted by atomic mass is 32.2. The van der Waals surface area contributed by atoms with Gasteiger partial charge in [-0.1, -0.05) is 0 Å². The van der Waals surface area contributed by atoms with Crippen molar-refractivity contribution in [2.75, 3.05) is 0 Å². The van der Waals surface area contributed by atoms with Crippen LogP contribution in [0.2, 0.25) is 0 Å². The number of hydrogen-bond donors (Lipinski definition) is 1. The number of rotatable bonds is 4. The van der Waals surface area contributed by atoms with Crippen LogP contribution in [0.25, 0.3) is 11.3 Å². The second-order valence-electron chi connectivity index (χ2n) is 4.73. The van der Waals surface area contributed by atoms with Crippen LogP contribution in [0.15, 0.2) is 34.6 Å². The maximum Gasteiger partial charge on any atom is 0.416 e. The summed E-state index contributed by atoms with van der Waals surface area (Å²) in [6.07, 6.45) is -2.30. The molecule has 0 atom stereocenters. The molecule has 0 saturated heterocycles. The third kappa shape index (κ3) is 3.26. The molecule has 0 spiro atoms. The molecule has 0 bridgehead atoms. The first-order valence-electron chi connectivity index (χ1n) is 6.55. The Labute approximate surface area is 144 Å². The lowest BCUT2D eigenvalue weighted by atomic mass is 10.1. The van der Waals surface area contributed by atoms with Gasteiger partial charge < -0.3 is 4.98 Å². The number of hydrogen-bond acceptors (Lipinski definition) is 8. The lowest BCUT2D eigenvalue weighted by Gasteiger charge is -2.08. The van der Waals surface area contributed by atoms with Crippen molar-refractivity contribution in [1.82, 2.24) is 19.9 Å². The van der Waals surface area contributed by atoms with Crippen molar-refractivity contribution in [2.24, 2.45) is 0 Å². The molecule has 1 aromatic carbocycles. The Morgan fingerprint density at radius 2 is 1.62 bits per heavy atom. The highest BCUT2D eigenvalue weighted by Crippen LogP contribution is 2.44. The molecule has 0 amide bonds. The van der Waals surface area contributed by atoms with Crippen LogP contribution in [0.3, 0.4) is 0 Å². The van der Waals surface area contributed by atoms with E-state index in [2.05, 4.69) is 19.9 Å². The minimum atomic E-state index is -4.98. The number of alkyl halides is 3. The van der Waals surface area contributed by atoms with Crippen LogP contribution in [0.1, 0.15) is 5.56 Å². The first-order valence-corrected chi connectivity index (χ1v) is 7.37. The molecule has 10 nitrogen and oxygen atoms in total. The van der Waals surface area contributed by atoms with Gasteiger partial charge in [0, 0.05) is 24.5 Å². The zero-order chi connectivity index (χ0) is 19.1. The van der Waals surface area contributed by atoms with Gasteiger partial charge in [-0.25, -0.2) is 15.0 Å². The first-order chi connectivity index (χ1) is 12.2. The summed E-state index contributed by atoms with van der Waals surface area (Å²) >= 11 is 0.445. The molecule has 0 fully saturated rings. The normalized spacial score (nSPS) is 11.7. The Balaban J connectivity index is 2.17. The summed E-state index contributed by atoms with van der Waals surface area (Å²) in [7, 11) is 0. The average molecular weight is 386 g/mol. The maximum absolute atomic E-state index is 12.9. The van der Waals surface area contributed by atoms with E-state index >= 15 is 0 Å². The molecule has 2 aromatic heterocycles. The Morgan fingerprint density at radius 1 is 1.04 bits per heavy atom. The number of nitrogens with one attached hydrogen (secondary N) is 1. The van der Waals surface area contributed by atoms with E-state index in [1.807, 2.05) is 0 Å². The molecule has 0 aliphatic carbocycles. The topological polar surface area (TPSA) is 141 Å². The number of aromatic amines is 1. The van der Waals surface area contributed by atoms with Crippen molar-refractivity contribution in [2.45, 2.75) is 16.2 Å². The SMILES string of the molecule is O=[N+]([O-])c1cc(C(F)(F)F)cc([N+](=O)[O-])c1Sc1nc2nccnc2[nH]1. The van der Waals surface area contributed by atoms with E-state index in [0.717, 1.165) is 0 Å². The predicted molar refractivity (Wildman–Crippen MR) is 80.6 cm³/mol. The number of nitrogens with zero attached hydrogens (tertiary/aromatic N) is 5. The average Bonchev–Trinajstić information content (AvgIpc) is 2.95. The number of fused-ring (bicyclic) bond motifs is 1. The van der Waals surface area contributed by atoms with Crippen LogP contribution < -0.4 is 0 Å². The highest BCUT2D eigenvalue weighted by Gasteiger charge is 2.38. The summed E-state index contributed by atoms with van der Waals surface area (Å²) in [5.74, 6) is 0. The maximum atomic E-state index is 12.9. The third-order valence-electron chi connectivity index (χ3n) is 3.08. The number of nitro benzene ring substituents is 2. The van der Waals surface area contributed by atoms with Gasteiger partial charge in [-0.15, -0.1) is 0 Å². The summed E-state index contributed by atoms with van der Waals surface area (Å²) < 4.78 is 38.7. The second-order valence-corrected chi connectivity index (χ2v) is 5.73. The van der Waals surface area contributed by atoms with Crippen molar-refractivity contribution < 1.29 is 23.0 Å². The first kappa shape index (κ1) is 17.5. The van der Waals surface area contributed by atoms with Gasteiger partial charge in [0.15, 0.2) is 21.3 Å². The van der Waals surface area contributed by atoms with Crippen LogP contribution in [-0.4, -0.2) is 29.8 Å². The number of halogens is 3. The lowest BCUT2D eigenvalue weighted by molar-refractivity contribution is -0.400. The van der Waals surface area contributed by atoms with Crippen LogP contribution in [0, 0.1) is 20.2 Å². The predicted octanol–water partition coefficient (Wildman–Crippen LogP) is 3.34. The number of benzene rings is 1. The molecule has 3 aromatic rings. The molecule has 2 heterocycles. The van der Waals surface area contributed by atoms with E-state index in [1.54, 1.807) is 0 Å². The van der Waals surface area contributed by atoms with E-state index in [1.165, 1.54) is 12.4 Å². The van der Waals surface area contributed by atoms with E-state index in [9.17, 15) is 33.4 Å². The Morgan fingerprint density at radius 3 is 2.12 bits per heavy atom. The molecule has 14 heteroatoms. The summed E-state index contributed by atoms with van der Waals surface area (Å²) in [6, 6.07) is 0.489. The van der Waals surface area contributed by atoms with Gasteiger partial charge in [-0.2, -0.15) is 13.2 Å². The van der Waals surface area contributed by atoms with Crippen molar-refractivity contribution in [3.05, 3.63) is 50.3 Å². The van der Waals surface area contributed by atoms with Gasteiger partial charge in [0.2, 0.25) is 0 Å². The molecular weight excluding hydrogens is 381 g/mol. The summed E-state index contributed by atoms with van der Waals surface area (Å²) in [5.41, 5.74) is -3.25. The fourth-order valence-corrected chi connectivity index (χ4v) is 2.96. The fourth-order valence-electron chi connectivity index (χ4n) is 2.01. The van der Waals surface area contributed by atoms with Gasteiger partial charge in [-0.3, -0.25) is 20.2 Å². The highest BCUT2D eigenvalue weighted by molar-refractivity contribution is 7.99. The van der Waals surface area contributed by atoms with Crippen molar-refractivity contribution in [3.63, 3.8) is 0 Å². The molecule has 26 heavy (non-hydrogen) atoms. The minimum Gasteiger partial charge on any atom is -0.316 e. The molecule has 0 saturated carbocycles. The third-order valence-corrected chi connectivity index (χ3v) is 4.09. The van der Waals surface area contributed by atoms with E-state index < -0.39 is 37.9 Å². The zero-order valence-electron chi connectivity index (χ0n) is 12.2. The van der Waals surface area contributed by atoms with Gasteiger partial charge in [-0.05, 0) is 11.8 Å². The van der Waals surface area contributed by atoms with Crippen LogP contribution >= 0.6 is 11.8 Å². The number of nitro groups is 2. The standard InChI is InChI=1S/C12H5F3N6O4S/c13-12(14,15)5-3-6(20(22)23)8(7(4-5)21(24)25)26-11-18-9-10(19-11)17-2-1-16-9/h1-4H,(H,16,17,18,19). The summed E-state index contributed by atoms with van der Waals surface area (Å²) in [6.45, 7) is 0. The largest absolute Gasteiger partial charge is 0.416 e.